The molecule has 0 spiro atoms. The fourth-order valence-electron chi connectivity index (χ4n) is 2.59. The van der Waals surface area contributed by atoms with Gasteiger partial charge in [-0.1, -0.05) is 29.7 Å². The van der Waals surface area contributed by atoms with E-state index in [1.165, 1.54) is 0 Å². The highest BCUT2D eigenvalue weighted by Gasteiger charge is 2.44. The molecule has 0 heterocycles. The normalized spacial score (nSPS) is 14.2. The van der Waals surface area contributed by atoms with Crippen molar-refractivity contribution in [3.8, 4) is 0 Å². The van der Waals surface area contributed by atoms with E-state index in [4.69, 9.17) is 17.1 Å². The van der Waals surface area contributed by atoms with Crippen LogP contribution in [-0.4, -0.2) is 47.5 Å². The first-order chi connectivity index (χ1) is 9.18. The zero-order valence-corrected chi connectivity index (χ0v) is 19.8. The average molecular weight is 433 g/mol. The second-order valence-corrected chi connectivity index (χ2v) is 24.6. The molecule has 0 bridgehead atoms. The first-order valence-electron chi connectivity index (χ1n) is 7.78. The molecule has 0 radical (unpaired) electrons. The van der Waals surface area contributed by atoms with Crippen LogP contribution in [0.15, 0.2) is 0 Å². The maximum Gasteiger partial charge on any atom is 0.315 e. The van der Waals surface area contributed by atoms with E-state index in [-0.39, 0.29) is 29.7 Å². The standard InChI is InChI=1S/C13H36O4Si4.4CH4/c1-14-12-11-13-21(10,16-19(5,6)7)17-20(8,9)15-18(2,3)4;;;;/h11-13H2,1-10H3;4*1H4. The van der Waals surface area contributed by atoms with Crippen LogP contribution >= 0.6 is 0 Å². The van der Waals surface area contributed by atoms with E-state index in [2.05, 4.69) is 58.9 Å². The molecule has 0 aromatic heterocycles. The molecule has 0 saturated heterocycles. The van der Waals surface area contributed by atoms with Crippen molar-refractivity contribution in [1.29, 1.82) is 0 Å². The van der Waals surface area contributed by atoms with E-state index >= 15 is 0 Å². The molecular formula is C17H52O4Si4. The Bertz CT molecular complexity index is 315. The molecule has 0 amide bonds. The number of hydrogen-bond acceptors (Lipinski definition) is 4. The van der Waals surface area contributed by atoms with Crippen molar-refractivity contribution in [2.45, 2.75) is 101 Å². The lowest BCUT2D eigenvalue weighted by Gasteiger charge is -2.41. The fourth-order valence-corrected chi connectivity index (χ4v) is 20.5. The van der Waals surface area contributed by atoms with Crippen LogP contribution in [0, 0.1) is 0 Å². The summed E-state index contributed by atoms with van der Waals surface area (Å²) in [5, 5.41) is 0. The Morgan fingerprint density at radius 1 is 0.600 bits per heavy atom. The van der Waals surface area contributed by atoms with E-state index < -0.39 is 33.8 Å². The summed E-state index contributed by atoms with van der Waals surface area (Å²) >= 11 is 0. The van der Waals surface area contributed by atoms with Gasteiger partial charge in [-0.25, -0.2) is 0 Å². The molecular weight excluding hydrogens is 381 g/mol. The van der Waals surface area contributed by atoms with Crippen LogP contribution in [-0.2, 0) is 17.1 Å². The topological polar surface area (TPSA) is 36.9 Å². The van der Waals surface area contributed by atoms with E-state index in [0.29, 0.717) is 0 Å². The van der Waals surface area contributed by atoms with Gasteiger partial charge in [0.2, 0.25) is 0 Å². The van der Waals surface area contributed by atoms with Gasteiger partial charge in [-0.2, -0.15) is 0 Å². The summed E-state index contributed by atoms with van der Waals surface area (Å²) in [7, 11) is -5.87. The molecule has 0 aliphatic carbocycles. The van der Waals surface area contributed by atoms with Gasteiger partial charge in [0, 0.05) is 13.7 Å². The summed E-state index contributed by atoms with van der Waals surface area (Å²) in [6.07, 6.45) is 0.987. The average Bonchev–Trinajstić information content (AvgIpc) is 2.08. The number of ether oxygens (including phenoxy) is 1. The highest BCUT2D eigenvalue weighted by atomic mass is 28.5. The molecule has 0 rings (SSSR count). The van der Waals surface area contributed by atoms with Crippen LogP contribution in [0.2, 0.25) is 65.0 Å². The van der Waals surface area contributed by atoms with Gasteiger partial charge in [0.25, 0.3) is 0 Å². The first kappa shape index (κ1) is 36.6. The Morgan fingerprint density at radius 3 is 1.32 bits per heavy atom. The molecule has 0 aliphatic rings. The summed E-state index contributed by atoms with van der Waals surface area (Å²) in [4.78, 5) is 0. The molecule has 0 aromatic carbocycles. The molecule has 160 valence electrons. The zero-order valence-electron chi connectivity index (χ0n) is 15.8. The predicted molar refractivity (Wildman–Crippen MR) is 127 cm³/mol. The third-order valence-electron chi connectivity index (χ3n) is 2.52. The highest BCUT2D eigenvalue weighted by Crippen LogP contribution is 2.27. The first-order valence-corrected chi connectivity index (χ1v) is 19.9. The maximum atomic E-state index is 6.57. The Balaban J connectivity index is -0.000000333. The van der Waals surface area contributed by atoms with Crippen LogP contribution < -0.4 is 0 Å². The second-order valence-electron chi connectivity index (χ2n) is 8.16. The molecule has 1 unspecified atom stereocenters. The van der Waals surface area contributed by atoms with E-state index in [9.17, 15) is 0 Å². The predicted octanol–water partition coefficient (Wildman–Crippen LogP) is 7.06. The Labute approximate surface area is 165 Å². The van der Waals surface area contributed by atoms with Gasteiger partial charge >= 0.3 is 17.1 Å². The molecule has 0 aromatic rings. The van der Waals surface area contributed by atoms with Crippen molar-refractivity contribution in [2.24, 2.45) is 0 Å². The summed E-state index contributed by atoms with van der Waals surface area (Å²) in [5.41, 5.74) is 0. The SMILES string of the molecule is C.C.C.C.COCCC[Si](C)(O[Si](C)(C)C)O[Si](C)(C)O[Si](C)(C)C. The van der Waals surface area contributed by atoms with Crippen LogP contribution in [0.4, 0.5) is 0 Å². The number of rotatable bonds is 10. The van der Waals surface area contributed by atoms with Crippen molar-refractivity contribution < 1.29 is 17.1 Å². The maximum absolute atomic E-state index is 6.57. The van der Waals surface area contributed by atoms with Crippen LogP contribution in [0.3, 0.4) is 0 Å². The van der Waals surface area contributed by atoms with E-state index in [1.807, 2.05) is 0 Å². The lowest BCUT2D eigenvalue weighted by atomic mass is 10.5. The fraction of sp³-hybridized carbons (Fsp3) is 1.00. The summed E-state index contributed by atoms with van der Waals surface area (Å²) in [6.45, 7) is 20.6. The summed E-state index contributed by atoms with van der Waals surface area (Å²) < 4.78 is 24.6. The van der Waals surface area contributed by atoms with Crippen molar-refractivity contribution in [1.82, 2.24) is 0 Å². The smallest absolute Gasteiger partial charge is 0.315 e. The monoisotopic (exact) mass is 432 g/mol. The van der Waals surface area contributed by atoms with Crippen molar-refractivity contribution in [2.75, 3.05) is 13.7 Å². The molecule has 4 nitrogen and oxygen atoms in total. The quantitative estimate of drug-likeness (QED) is 0.273. The molecule has 0 N–H and O–H groups in total. The molecule has 0 fully saturated rings. The highest BCUT2D eigenvalue weighted by molar-refractivity contribution is 6.89. The third kappa shape index (κ3) is 20.9. The van der Waals surface area contributed by atoms with Crippen molar-refractivity contribution in [3.63, 3.8) is 0 Å². The molecule has 25 heavy (non-hydrogen) atoms. The van der Waals surface area contributed by atoms with E-state index in [0.717, 1.165) is 19.1 Å². The molecule has 8 heteroatoms. The Morgan fingerprint density at radius 2 is 1.00 bits per heavy atom. The second kappa shape index (κ2) is 13.8. The Kier molecular flexibility index (Phi) is 20.2. The van der Waals surface area contributed by atoms with Crippen LogP contribution in [0.1, 0.15) is 36.1 Å². The van der Waals surface area contributed by atoms with Gasteiger partial charge in [0.1, 0.15) is 0 Å². The Hall–Kier alpha value is 0.708. The number of methoxy groups -OCH3 is 1. The van der Waals surface area contributed by atoms with Gasteiger partial charge in [0.05, 0.1) is 0 Å². The minimum absolute atomic E-state index is 0. The van der Waals surface area contributed by atoms with Crippen LogP contribution in [0.5, 0.6) is 0 Å². The molecule has 0 saturated carbocycles. The van der Waals surface area contributed by atoms with Gasteiger partial charge in [-0.3, -0.25) is 0 Å². The number of hydrogen-bond donors (Lipinski definition) is 0. The third-order valence-corrected chi connectivity index (χ3v) is 16.1. The van der Waals surface area contributed by atoms with Gasteiger partial charge in [-0.15, -0.1) is 0 Å². The van der Waals surface area contributed by atoms with Gasteiger partial charge in [0.15, 0.2) is 16.6 Å². The summed E-state index contributed by atoms with van der Waals surface area (Å²) in [5.74, 6) is 0. The van der Waals surface area contributed by atoms with Crippen molar-refractivity contribution in [3.05, 3.63) is 0 Å². The lowest BCUT2D eigenvalue weighted by Crippen LogP contribution is -2.56. The van der Waals surface area contributed by atoms with E-state index in [1.54, 1.807) is 7.11 Å². The zero-order chi connectivity index (χ0) is 16.9. The van der Waals surface area contributed by atoms with Gasteiger partial charge in [-0.05, 0) is 71.4 Å². The lowest BCUT2D eigenvalue weighted by molar-refractivity contribution is 0.195. The molecule has 0 aliphatic heterocycles. The van der Waals surface area contributed by atoms with Crippen molar-refractivity contribution >= 4 is 33.8 Å². The van der Waals surface area contributed by atoms with Crippen LogP contribution in [0.25, 0.3) is 0 Å². The summed E-state index contributed by atoms with van der Waals surface area (Å²) in [6, 6.07) is 0.969. The largest absolute Gasteiger partial charge is 0.437 e. The minimum atomic E-state index is -2.22. The molecule has 1 atom stereocenters. The minimum Gasteiger partial charge on any atom is -0.437 e. The van der Waals surface area contributed by atoms with Gasteiger partial charge < -0.3 is 17.1 Å².